The van der Waals surface area contributed by atoms with E-state index >= 15 is 0 Å². The summed E-state index contributed by atoms with van der Waals surface area (Å²) in [6.45, 7) is 1.79. The molecule has 2 saturated carbocycles. The summed E-state index contributed by atoms with van der Waals surface area (Å²) in [6, 6.07) is 1.12. The first-order valence-electron chi connectivity index (χ1n) is 7.22. The van der Waals surface area contributed by atoms with Gasteiger partial charge >= 0.3 is 0 Å². The average molecular weight is 253 g/mol. The molecule has 3 aliphatic rings. The van der Waals surface area contributed by atoms with Crippen molar-refractivity contribution in [3.05, 3.63) is 0 Å². The Labute approximate surface area is 109 Å². The van der Waals surface area contributed by atoms with E-state index in [4.69, 9.17) is 0 Å². The van der Waals surface area contributed by atoms with Crippen LogP contribution < -0.4 is 0 Å². The maximum Gasteiger partial charge on any atom is 0.220 e. The van der Waals surface area contributed by atoms with Gasteiger partial charge in [-0.25, -0.2) is 0 Å². The van der Waals surface area contributed by atoms with Crippen molar-refractivity contribution in [3.63, 3.8) is 0 Å². The largest absolute Gasteiger partial charge is 0.335 e. The van der Waals surface area contributed by atoms with Gasteiger partial charge < -0.3 is 4.90 Å². The lowest BCUT2D eigenvalue weighted by atomic mass is 9.87. The zero-order valence-electron chi connectivity index (χ0n) is 10.7. The minimum Gasteiger partial charge on any atom is -0.335 e. The van der Waals surface area contributed by atoms with Crippen molar-refractivity contribution in [1.82, 2.24) is 4.90 Å². The Morgan fingerprint density at radius 3 is 1.88 bits per heavy atom. The third-order valence-corrected chi connectivity index (χ3v) is 6.56. The van der Waals surface area contributed by atoms with Crippen LogP contribution in [0.25, 0.3) is 0 Å². The van der Waals surface area contributed by atoms with Crippen LogP contribution >= 0.6 is 11.8 Å². The van der Waals surface area contributed by atoms with Gasteiger partial charge in [-0.3, -0.25) is 4.79 Å². The maximum atomic E-state index is 12.0. The third-order valence-electron chi connectivity index (χ3n) is 4.76. The molecule has 0 aromatic rings. The number of thioether (sulfide) groups is 1. The van der Waals surface area contributed by atoms with Crippen LogP contribution in [0.1, 0.15) is 58.3 Å². The third kappa shape index (κ3) is 2.11. The number of fused-ring (bicyclic) bond motifs is 2. The molecule has 0 N–H and O–H groups in total. The van der Waals surface area contributed by atoms with E-state index in [9.17, 15) is 4.79 Å². The summed E-state index contributed by atoms with van der Waals surface area (Å²) in [5, 5.41) is 1.49. The van der Waals surface area contributed by atoms with Gasteiger partial charge in [-0.1, -0.05) is 25.7 Å². The van der Waals surface area contributed by atoms with Gasteiger partial charge in [-0.05, 0) is 25.7 Å². The van der Waals surface area contributed by atoms with Crippen LogP contribution in [0.3, 0.4) is 0 Å². The second kappa shape index (κ2) is 4.83. The second-order valence-electron chi connectivity index (χ2n) is 5.84. The molecule has 0 spiro atoms. The average Bonchev–Trinajstić information content (AvgIpc) is 2.35. The standard InChI is InChI=1S/C14H23NOS/c1-10(16)15-11-6-2-4-8-13(11)17-14-9-5-3-7-12(14)15/h11-14H,2-9H2,1H3/t11-,12+,13-,14+. The molecule has 0 radical (unpaired) electrons. The Bertz CT molecular complexity index is 285. The monoisotopic (exact) mass is 253 g/mol. The quantitative estimate of drug-likeness (QED) is 0.661. The minimum atomic E-state index is 0.332. The normalized spacial score (nSPS) is 41.6. The van der Waals surface area contributed by atoms with Crippen LogP contribution in [0, 0.1) is 0 Å². The highest BCUT2D eigenvalue weighted by Crippen LogP contribution is 2.46. The summed E-state index contributed by atoms with van der Waals surface area (Å²) in [6.07, 6.45) is 10.6. The van der Waals surface area contributed by atoms with Crippen molar-refractivity contribution in [2.75, 3.05) is 0 Å². The Hall–Kier alpha value is -0.180. The van der Waals surface area contributed by atoms with E-state index in [1.54, 1.807) is 6.92 Å². The van der Waals surface area contributed by atoms with E-state index in [1.165, 1.54) is 51.4 Å². The molecule has 3 fully saturated rings. The minimum absolute atomic E-state index is 0.332. The van der Waals surface area contributed by atoms with Crippen LogP contribution in [-0.2, 0) is 4.79 Å². The van der Waals surface area contributed by atoms with Gasteiger partial charge in [-0.2, -0.15) is 11.8 Å². The first-order valence-corrected chi connectivity index (χ1v) is 8.16. The highest BCUT2D eigenvalue weighted by molar-refractivity contribution is 8.00. The van der Waals surface area contributed by atoms with Crippen molar-refractivity contribution < 1.29 is 4.79 Å². The van der Waals surface area contributed by atoms with Crippen LogP contribution in [0.2, 0.25) is 0 Å². The molecule has 0 unspecified atom stereocenters. The van der Waals surface area contributed by atoms with E-state index in [0.29, 0.717) is 18.0 Å². The van der Waals surface area contributed by atoms with Crippen molar-refractivity contribution in [2.24, 2.45) is 0 Å². The van der Waals surface area contributed by atoms with E-state index in [0.717, 1.165) is 10.5 Å². The predicted octanol–water partition coefficient (Wildman–Crippen LogP) is 3.20. The van der Waals surface area contributed by atoms with Gasteiger partial charge in [0.2, 0.25) is 5.91 Å². The highest BCUT2D eigenvalue weighted by Gasteiger charge is 2.45. The molecular weight excluding hydrogens is 230 g/mol. The van der Waals surface area contributed by atoms with Crippen molar-refractivity contribution in [1.29, 1.82) is 0 Å². The zero-order chi connectivity index (χ0) is 11.8. The molecule has 0 aromatic heterocycles. The Balaban J connectivity index is 1.85. The molecule has 96 valence electrons. The first kappa shape index (κ1) is 11.9. The molecule has 0 bridgehead atoms. The SMILES string of the molecule is CC(=O)N1[C@@H]2CCCC[C@H]2S[C@H]2CCCC[C@@H]21. The van der Waals surface area contributed by atoms with E-state index in [2.05, 4.69) is 16.7 Å². The lowest BCUT2D eigenvalue weighted by Crippen LogP contribution is -2.60. The number of carbonyl (C=O) groups excluding carboxylic acids is 1. The molecule has 4 atom stereocenters. The maximum absolute atomic E-state index is 12.0. The van der Waals surface area contributed by atoms with E-state index in [1.807, 2.05) is 0 Å². The van der Waals surface area contributed by atoms with Gasteiger partial charge in [0.05, 0.1) is 0 Å². The molecule has 1 saturated heterocycles. The Morgan fingerprint density at radius 1 is 0.941 bits per heavy atom. The summed E-state index contributed by atoms with van der Waals surface area (Å²) < 4.78 is 0. The first-order chi connectivity index (χ1) is 8.27. The fourth-order valence-electron chi connectivity index (χ4n) is 4.05. The van der Waals surface area contributed by atoms with Gasteiger partial charge in [-0.15, -0.1) is 0 Å². The molecule has 0 aromatic carbocycles. The van der Waals surface area contributed by atoms with E-state index in [-0.39, 0.29) is 0 Å². The lowest BCUT2D eigenvalue weighted by Gasteiger charge is -2.53. The van der Waals surface area contributed by atoms with Crippen LogP contribution in [0.5, 0.6) is 0 Å². The molecular formula is C14H23NOS. The van der Waals surface area contributed by atoms with Crippen molar-refractivity contribution in [3.8, 4) is 0 Å². The Morgan fingerprint density at radius 2 is 1.41 bits per heavy atom. The number of rotatable bonds is 0. The smallest absolute Gasteiger partial charge is 0.220 e. The van der Waals surface area contributed by atoms with E-state index < -0.39 is 0 Å². The molecule has 17 heavy (non-hydrogen) atoms. The molecule has 1 aliphatic heterocycles. The number of carbonyl (C=O) groups is 1. The molecule has 3 rings (SSSR count). The molecule has 2 nitrogen and oxygen atoms in total. The van der Waals surface area contributed by atoms with Gasteiger partial charge in [0.25, 0.3) is 0 Å². The van der Waals surface area contributed by atoms with Crippen molar-refractivity contribution >= 4 is 17.7 Å². The summed E-state index contributed by atoms with van der Waals surface area (Å²) in [5.74, 6) is 0.332. The van der Waals surface area contributed by atoms with Crippen molar-refractivity contribution in [2.45, 2.75) is 80.9 Å². The number of nitrogens with zero attached hydrogens (tertiary/aromatic N) is 1. The molecule has 3 heteroatoms. The summed E-state index contributed by atoms with van der Waals surface area (Å²) >= 11 is 2.23. The topological polar surface area (TPSA) is 20.3 Å². The van der Waals surface area contributed by atoms with Gasteiger partial charge in [0.15, 0.2) is 0 Å². The number of amides is 1. The molecule has 1 amide bonds. The van der Waals surface area contributed by atoms with Crippen LogP contribution in [0.4, 0.5) is 0 Å². The molecule has 2 aliphatic carbocycles. The predicted molar refractivity (Wildman–Crippen MR) is 72.2 cm³/mol. The zero-order valence-corrected chi connectivity index (χ0v) is 11.5. The second-order valence-corrected chi connectivity index (χ2v) is 7.33. The van der Waals surface area contributed by atoms with Crippen LogP contribution in [0.15, 0.2) is 0 Å². The summed E-state index contributed by atoms with van der Waals surface area (Å²) in [4.78, 5) is 14.3. The lowest BCUT2D eigenvalue weighted by molar-refractivity contribution is -0.135. The van der Waals surface area contributed by atoms with Gasteiger partial charge in [0.1, 0.15) is 0 Å². The van der Waals surface area contributed by atoms with Crippen LogP contribution in [-0.4, -0.2) is 33.4 Å². The summed E-state index contributed by atoms with van der Waals surface area (Å²) in [5.41, 5.74) is 0. The van der Waals surface area contributed by atoms with Gasteiger partial charge in [0, 0.05) is 29.5 Å². The highest BCUT2D eigenvalue weighted by atomic mass is 32.2. The fraction of sp³-hybridized carbons (Fsp3) is 0.929. The summed E-state index contributed by atoms with van der Waals surface area (Å²) in [7, 11) is 0. The Kier molecular flexibility index (Phi) is 3.38. The fourth-order valence-corrected chi connectivity index (χ4v) is 6.00. The molecule has 1 heterocycles. The number of hydrogen-bond donors (Lipinski definition) is 0. The number of hydrogen-bond acceptors (Lipinski definition) is 2.